The molecule has 1 aromatic heterocycles. The molecule has 0 saturated heterocycles. The average Bonchev–Trinajstić information content (AvgIpc) is 2.56. The number of phenols is 1. The number of hydrogen-bond acceptors (Lipinski definition) is 4. The Kier molecular flexibility index (Phi) is 1.89. The van der Waals surface area contributed by atoms with Gasteiger partial charge in [0, 0.05) is 0 Å². The van der Waals surface area contributed by atoms with Gasteiger partial charge in [0.15, 0.2) is 5.76 Å². The molecule has 0 spiro atoms. The predicted molar refractivity (Wildman–Crippen MR) is 52.8 cm³/mol. The van der Waals surface area contributed by atoms with Gasteiger partial charge in [0.05, 0.1) is 11.8 Å². The zero-order valence-corrected chi connectivity index (χ0v) is 7.69. The molecule has 14 heavy (non-hydrogen) atoms. The Morgan fingerprint density at radius 2 is 2.21 bits per heavy atom. The number of hydrogen-bond donors (Lipinski definition) is 2. The van der Waals surface area contributed by atoms with E-state index < -0.39 is 0 Å². The molecule has 3 N–H and O–H groups in total. The van der Waals surface area contributed by atoms with E-state index in [4.69, 9.17) is 10.2 Å². The van der Waals surface area contributed by atoms with E-state index in [-0.39, 0.29) is 11.8 Å². The molecule has 0 aliphatic carbocycles. The van der Waals surface area contributed by atoms with Gasteiger partial charge in [-0.25, -0.2) is 4.98 Å². The smallest absolute Gasteiger partial charge is 0.292 e. The van der Waals surface area contributed by atoms with Crippen LogP contribution in [0.1, 0.15) is 5.56 Å². The molecule has 0 bridgehead atoms. The van der Waals surface area contributed by atoms with E-state index in [2.05, 4.69) is 4.98 Å². The van der Waals surface area contributed by atoms with Crippen molar-refractivity contribution in [2.75, 3.05) is 5.73 Å². The van der Waals surface area contributed by atoms with Crippen molar-refractivity contribution in [2.45, 2.75) is 6.92 Å². The van der Waals surface area contributed by atoms with Crippen molar-refractivity contribution in [1.29, 1.82) is 0 Å². The maximum atomic E-state index is 9.57. The fourth-order valence-electron chi connectivity index (χ4n) is 1.26. The highest BCUT2D eigenvalue weighted by atomic mass is 16.4. The number of phenolic OH excluding ortho intramolecular Hbond substituents is 1. The minimum Gasteiger partial charge on any atom is -0.507 e. The summed E-state index contributed by atoms with van der Waals surface area (Å²) in [6.45, 7) is 1.93. The summed E-state index contributed by atoms with van der Waals surface area (Å²) in [5, 5.41) is 9.57. The molecule has 0 amide bonds. The van der Waals surface area contributed by atoms with Gasteiger partial charge in [0.1, 0.15) is 5.75 Å². The molecule has 72 valence electrons. The van der Waals surface area contributed by atoms with Gasteiger partial charge in [-0.15, -0.1) is 0 Å². The van der Waals surface area contributed by atoms with E-state index in [1.807, 2.05) is 19.1 Å². The molecule has 0 atom stereocenters. The second-order valence-electron chi connectivity index (χ2n) is 3.08. The number of aromatic nitrogens is 1. The molecule has 2 aromatic rings. The summed E-state index contributed by atoms with van der Waals surface area (Å²) in [5.74, 6) is 0.635. The number of oxazole rings is 1. The van der Waals surface area contributed by atoms with Crippen LogP contribution in [0.5, 0.6) is 5.75 Å². The van der Waals surface area contributed by atoms with Crippen molar-refractivity contribution in [3.05, 3.63) is 30.0 Å². The number of benzene rings is 1. The predicted octanol–water partition coefficient (Wildman–Crippen LogP) is 1.94. The molecule has 1 heterocycles. The van der Waals surface area contributed by atoms with Gasteiger partial charge in [-0.1, -0.05) is 11.6 Å². The van der Waals surface area contributed by atoms with Crippen molar-refractivity contribution in [3.8, 4) is 17.1 Å². The van der Waals surface area contributed by atoms with Crippen LogP contribution in [0.15, 0.2) is 28.8 Å². The molecule has 0 radical (unpaired) electrons. The van der Waals surface area contributed by atoms with Crippen LogP contribution in [0.3, 0.4) is 0 Å². The molecule has 0 aliphatic heterocycles. The summed E-state index contributed by atoms with van der Waals surface area (Å²) in [4.78, 5) is 3.76. The number of rotatable bonds is 1. The summed E-state index contributed by atoms with van der Waals surface area (Å²) < 4.78 is 5.11. The first kappa shape index (κ1) is 8.62. The normalized spacial score (nSPS) is 10.4. The maximum absolute atomic E-state index is 9.57. The number of nitrogens with zero attached hydrogens (tertiary/aromatic N) is 1. The van der Waals surface area contributed by atoms with Gasteiger partial charge in [0.2, 0.25) is 0 Å². The molecule has 0 aliphatic rings. The SMILES string of the molecule is Cc1ccc(O)c(-c2cnc(N)o2)c1. The Morgan fingerprint density at radius 3 is 2.86 bits per heavy atom. The lowest BCUT2D eigenvalue weighted by Gasteiger charge is -2.01. The quantitative estimate of drug-likeness (QED) is 0.720. The van der Waals surface area contributed by atoms with Crippen LogP contribution in [0, 0.1) is 6.92 Å². The van der Waals surface area contributed by atoms with E-state index in [1.54, 1.807) is 6.07 Å². The molecule has 1 aromatic carbocycles. The Morgan fingerprint density at radius 1 is 1.43 bits per heavy atom. The number of nitrogen functional groups attached to an aromatic ring is 1. The molecular formula is C10H10N2O2. The van der Waals surface area contributed by atoms with Gasteiger partial charge in [-0.2, -0.15) is 0 Å². The Hall–Kier alpha value is -1.97. The molecule has 0 fully saturated rings. The lowest BCUT2D eigenvalue weighted by molar-refractivity contribution is 0.474. The van der Waals surface area contributed by atoms with Crippen LogP contribution in [0.4, 0.5) is 6.01 Å². The van der Waals surface area contributed by atoms with Crippen molar-refractivity contribution >= 4 is 6.01 Å². The first-order valence-corrected chi connectivity index (χ1v) is 4.18. The minimum atomic E-state index is 0.0981. The first-order chi connectivity index (χ1) is 6.66. The minimum absolute atomic E-state index is 0.0981. The molecule has 0 unspecified atom stereocenters. The third kappa shape index (κ3) is 1.42. The highest BCUT2D eigenvalue weighted by molar-refractivity contribution is 5.66. The van der Waals surface area contributed by atoms with Crippen LogP contribution < -0.4 is 5.73 Å². The van der Waals surface area contributed by atoms with E-state index >= 15 is 0 Å². The standard InChI is InChI=1S/C10H10N2O2/c1-6-2-3-8(13)7(4-6)9-5-12-10(11)14-9/h2-5,13H,1H3,(H2,11,12). The van der Waals surface area contributed by atoms with Crippen LogP contribution in [-0.4, -0.2) is 10.1 Å². The van der Waals surface area contributed by atoms with Crippen molar-refractivity contribution in [1.82, 2.24) is 4.98 Å². The topological polar surface area (TPSA) is 72.3 Å². The highest BCUT2D eigenvalue weighted by Crippen LogP contribution is 2.30. The van der Waals surface area contributed by atoms with Gasteiger partial charge in [-0.3, -0.25) is 0 Å². The highest BCUT2D eigenvalue weighted by Gasteiger charge is 2.08. The van der Waals surface area contributed by atoms with Crippen LogP contribution in [-0.2, 0) is 0 Å². The Balaban J connectivity index is 2.55. The van der Waals surface area contributed by atoms with E-state index in [1.165, 1.54) is 6.20 Å². The zero-order chi connectivity index (χ0) is 10.1. The van der Waals surface area contributed by atoms with Crippen molar-refractivity contribution in [2.24, 2.45) is 0 Å². The number of aryl methyl sites for hydroxylation is 1. The lowest BCUT2D eigenvalue weighted by atomic mass is 10.1. The number of nitrogens with two attached hydrogens (primary N) is 1. The second kappa shape index (κ2) is 3.06. The fourth-order valence-corrected chi connectivity index (χ4v) is 1.26. The van der Waals surface area contributed by atoms with Crippen molar-refractivity contribution in [3.63, 3.8) is 0 Å². The third-order valence-corrected chi connectivity index (χ3v) is 1.94. The van der Waals surface area contributed by atoms with Gasteiger partial charge < -0.3 is 15.3 Å². The molecule has 4 nitrogen and oxygen atoms in total. The van der Waals surface area contributed by atoms with Gasteiger partial charge in [0.25, 0.3) is 6.01 Å². The van der Waals surface area contributed by atoms with Gasteiger partial charge in [-0.05, 0) is 19.1 Å². The number of anilines is 1. The van der Waals surface area contributed by atoms with Gasteiger partial charge >= 0.3 is 0 Å². The Labute approximate surface area is 81.0 Å². The van der Waals surface area contributed by atoms with E-state index in [0.29, 0.717) is 11.3 Å². The molecule has 2 rings (SSSR count). The second-order valence-corrected chi connectivity index (χ2v) is 3.08. The summed E-state index contributed by atoms with van der Waals surface area (Å²) in [5.41, 5.74) is 6.99. The van der Waals surface area contributed by atoms with Crippen LogP contribution in [0.25, 0.3) is 11.3 Å². The van der Waals surface area contributed by atoms with Crippen LogP contribution >= 0.6 is 0 Å². The summed E-state index contributed by atoms with van der Waals surface area (Å²) >= 11 is 0. The molecule has 4 heteroatoms. The Bertz CT molecular complexity index is 463. The van der Waals surface area contributed by atoms with E-state index in [9.17, 15) is 5.11 Å². The largest absolute Gasteiger partial charge is 0.507 e. The number of aromatic hydroxyl groups is 1. The summed E-state index contributed by atoms with van der Waals surface area (Å²) in [7, 11) is 0. The van der Waals surface area contributed by atoms with E-state index in [0.717, 1.165) is 5.56 Å². The summed E-state index contributed by atoms with van der Waals surface area (Å²) in [6, 6.07) is 5.35. The zero-order valence-electron chi connectivity index (χ0n) is 7.69. The molecular weight excluding hydrogens is 180 g/mol. The average molecular weight is 190 g/mol. The van der Waals surface area contributed by atoms with Crippen molar-refractivity contribution < 1.29 is 9.52 Å². The lowest BCUT2D eigenvalue weighted by Crippen LogP contribution is -1.80. The maximum Gasteiger partial charge on any atom is 0.292 e. The molecule has 0 saturated carbocycles. The van der Waals surface area contributed by atoms with Crippen LogP contribution in [0.2, 0.25) is 0 Å². The summed E-state index contributed by atoms with van der Waals surface area (Å²) in [6.07, 6.45) is 1.49. The monoisotopic (exact) mass is 190 g/mol. The first-order valence-electron chi connectivity index (χ1n) is 4.18. The fraction of sp³-hybridized carbons (Fsp3) is 0.100. The third-order valence-electron chi connectivity index (χ3n) is 1.94.